The maximum absolute atomic E-state index is 4.32. The van der Waals surface area contributed by atoms with Crippen molar-refractivity contribution in [1.82, 2.24) is 15.2 Å². The first-order chi connectivity index (χ1) is 7.24. The Balaban J connectivity index is 1.78. The maximum Gasteiger partial charge on any atom is 0.107 e. The fraction of sp³-hybridized carbons (Fsp3) is 0.727. The highest BCUT2D eigenvalue weighted by Crippen LogP contribution is 2.15. The van der Waals surface area contributed by atoms with E-state index in [0.29, 0.717) is 12.1 Å². The monoisotopic (exact) mass is 225 g/mol. The van der Waals surface area contributed by atoms with Crippen molar-refractivity contribution in [2.24, 2.45) is 0 Å². The predicted molar refractivity (Wildman–Crippen MR) is 64.1 cm³/mol. The van der Waals surface area contributed by atoms with Crippen molar-refractivity contribution in [1.29, 1.82) is 0 Å². The Morgan fingerprint density at radius 2 is 2.53 bits per heavy atom. The average molecular weight is 225 g/mol. The van der Waals surface area contributed by atoms with E-state index < -0.39 is 0 Å². The quantitative estimate of drug-likeness (QED) is 0.845. The summed E-state index contributed by atoms with van der Waals surface area (Å²) >= 11 is 1.75. The first kappa shape index (κ1) is 11.0. The van der Waals surface area contributed by atoms with Crippen molar-refractivity contribution in [3.63, 3.8) is 0 Å². The number of aromatic nitrogens is 1. The second-order valence-electron chi connectivity index (χ2n) is 4.47. The number of thiazole rings is 1. The van der Waals surface area contributed by atoms with E-state index in [-0.39, 0.29) is 0 Å². The van der Waals surface area contributed by atoms with Crippen LogP contribution in [-0.4, -0.2) is 35.1 Å². The Labute approximate surface area is 95.5 Å². The first-order valence-corrected chi connectivity index (χ1v) is 6.49. The molecule has 3 nitrogen and oxygen atoms in total. The molecule has 1 aliphatic heterocycles. The molecule has 0 aromatic carbocycles. The molecule has 0 radical (unpaired) electrons. The van der Waals surface area contributed by atoms with E-state index in [1.165, 1.54) is 18.0 Å². The van der Waals surface area contributed by atoms with Gasteiger partial charge in [0.05, 0.1) is 6.54 Å². The molecule has 1 saturated heterocycles. The number of hydrogen-bond acceptors (Lipinski definition) is 4. The molecule has 2 heterocycles. The fourth-order valence-electron chi connectivity index (χ4n) is 2.11. The van der Waals surface area contributed by atoms with Gasteiger partial charge in [-0.1, -0.05) is 13.8 Å². The highest BCUT2D eigenvalue weighted by atomic mass is 32.1. The van der Waals surface area contributed by atoms with E-state index in [9.17, 15) is 0 Å². The van der Waals surface area contributed by atoms with Crippen molar-refractivity contribution in [3.8, 4) is 0 Å². The molecule has 15 heavy (non-hydrogen) atoms. The Morgan fingerprint density at radius 3 is 3.20 bits per heavy atom. The van der Waals surface area contributed by atoms with Gasteiger partial charge in [0, 0.05) is 36.8 Å². The van der Waals surface area contributed by atoms with E-state index in [1.54, 1.807) is 11.3 Å². The molecule has 84 valence electrons. The number of nitrogens with zero attached hydrogens (tertiary/aromatic N) is 2. The Hall–Kier alpha value is -0.450. The summed E-state index contributed by atoms with van der Waals surface area (Å²) in [5.41, 5.74) is 0. The van der Waals surface area contributed by atoms with Gasteiger partial charge in [0.25, 0.3) is 0 Å². The summed E-state index contributed by atoms with van der Waals surface area (Å²) in [6.07, 6.45) is 3.16. The van der Waals surface area contributed by atoms with Gasteiger partial charge in [0.1, 0.15) is 5.01 Å². The van der Waals surface area contributed by atoms with Gasteiger partial charge in [-0.05, 0) is 6.42 Å². The normalized spacial score (nSPS) is 22.7. The number of nitrogens with one attached hydrogen (secondary N) is 1. The van der Waals surface area contributed by atoms with Crippen LogP contribution in [0, 0.1) is 0 Å². The summed E-state index contributed by atoms with van der Waals surface area (Å²) in [4.78, 5) is 6.81. The number of rotatable bonds is 4. The molecule has 1 unspecified atom stereocenters. The Morgan fingerprint density at radius 1 is 1.67 bits per heavy atom. The van der Waals surface area contributed by atoms with Crippen molar-refractivity contribution in [3.05, 3.63) is 16.6 Å². The molecule has 0 aliphatic carbocycles. The van der Waals surface area contributed by atoms with E-state index in [0.717, 1.165) is 13.1 Å². The second-order valence-corrected chi connectivity index (χ2v) is 5.45. The first-order valence-electron chi connectivity index (χ1n) is 5.61. The zero-order chi connectivity index (χ0) is 10.7. The Kier molecular flexibility index (Phi) is 3.72. The summed E-state index contributed by atoms with van der Waals surface area (Å²) < 4.78 is 0. The van der Waals surface area contributed by atoms with Crippen molar-refractivity contribution in [2.75, 3.05) is 13.1 Å². The molecule has 0 saturated carbocycles. The zero-order valence-corrected chi connectivity index (χ0v) is 10.3. The summed E-state index contributed by atoms with van der Waals surface area (Å²) in [6, 6.07) is 1.26. The molecule has 1 N–H and O–H groups in total. The van der Waals surface area contributed by atoms with Crippen LogP contribution in [0.2, 0.25) is 0 Å². The van der Waals surface area contributed by atoms with Crippen LogP contribution in [0.15, 0.2) is 11.6 Å². The number of likely N-dealkylation sites (tertiary alicyclic amines) is 1. The van der Waals surface area contributed by atoms with Crippen molar-refractivity contribution < 1.29 is 0 Å². The molecule has 0 bridgehead atoms. The summed E-state index contributed by atoms with van der Waals surface area (Å²) in [5.74, 6) is 0. The van der Waals surface area contributed by atoms with Gasteiger partial charge in [-0.2, -0.15) is 0 Å². The topological polar surface area (TPSA) is 28.2 Å². The average Bonchev–Trinajstić information content (AvgIpc) is 2.77. The van der Waals surface area contributed by atoms with Gasteiger partial charge in [0.15, 0.2) is 0 Å². The minimum absolute atomic E-state index is 0.592. The van der Waals surface area contributed by atoms with E-state index in [2.05, 4.69) is 34.4 Å². The minimum atomic E-state index is 0.592. The summed E-state index contributed by atoms with van der Waals surface area (Å²) in [7, 11) is 0. The second kappa shape index (κ2) is 5.05. The van der Waals surface area contributed by atoms with Gasteiger partial charge < -0.3 is 5.32 Å². The van der Waals surface area contributed by atoms with Gasteiger partial charge in [-0.25, -0.2) is 4.98 Å². The van der Waals surface area contributed by atoms with E-state index in [1.807, 2.05) is 6.20 Å². The lowest BCUT2D eigenvalue weighted by molar-refractivity contribution is 0.316. The van der Waals surface area contributed by atoms with Crippen LogP contribution in [0.5, 0.6) is 0 Å². The molecule has 1 aromatic heterocycles. The van der Waals surface area contributed by atoms with E-state index >= 15 is 0 Å². The third kappa shape index (κ3) is 3.26. The molecular formula is C11H19N3S. The lowest BCUT2D eigenvalue weighted by atomic mass is 10.2. The van der Waals surface area contributed by atoms with Gasteiger partial charge in [-0.3, -0.25) is 4.90 Å². The van der Waals surface area contributed by atoms with Crippen molar-refractivity contribution in [2.45, 2.75) is 38.9 Å². The zero-order valence-electron chi connectivity index (χ0n) is 9.44. The number of hydrogen-bond donors (Lipinski definition) is 1. The highest BCUT2D eigenvalue weighted by Gasteiger charge is 2.22. The molecule has 1 fully saturated rings. The third-order valence-corrected chi connectivity index (χ3v) is 3.45. The van der Waals surface area contributed by atoms with Gasteiger partial charge >= 0.3 is 0 Å². The highest BCUT2D eigenvalue weighted by molar-refractivity contribution is 7.09. The smallest absolute Gasteiger partial charge is 0.107 e. The minimum Gasteiger partial charge on any atom is -0.310 e. The molecule has 0 spiro atoms. The largest absolute Gasteiger partial charge is 0.310 e. The van der Waals surface area contributed by atoms with Crippen molar-refractivity contribution >= 4 is 11.3 Å². The summed E-state index contributed by atoms with van der Waals surface area (Å²) in [5, 5.41) is 6.88. The molecule has 4 heteroatoms. The lowest BCUT2D eigenvalue weighted by Gasteiger charge is -2.17. The predicted octanol–water partition coefficient (Wildman–Crippen LogP) is 1.72. The van der Waals surface area contributed by atoms with Crippen LogP contribution >= 0.6 is 11.3 Å². The molecule has 0 amide bonds. The molecular weight excluding hydrogens is 206 g/mol. The summed E-state index contributed by atoms with van der Waals surface area (Å²) in [6.45, 7) is 7.81. The van der Waals surface area contributed by atoms with Crippen LogP contribution in [0.4, 0.5) is 0 Å². The molecule has 1 atom stereocenters. The maximum atomic E-state index is 4.32. The van der Waals surface area contributed by atoms with Crippen LogP contribution in [0.25, 0.3) is 0 Å². The van der Waals surface area contributed by atoms with Gasteiger partial charge in [0.2, 0.25) is 0 Å². The van der Waals surface area contributed by atoms with Crippen LogP contribution in [-0.2, 0) is 6.54 Å². The van der Waals surface area contributed by atoms with Crippen LogP contribution in [0.3, 0.4) is 0 Å². The fourth-order valence-corrected chi connectivity index (χ4v) is 2.76. The van der Waals surface area contributed by atoms with E-state index in [4.69, 9.17) is 0 Å². The standard InChI is InChI=1S/C11H19N3S/c1-9(2)13-10-3-5-14(7-10)8-11-12-4-6-15-11/h4,6,9-10,13H,3,5,7-8H2,1-2H3. The Bertz CT molecular complexity index is 284. The molecule has 1 aliphatic rings. The molecule has 1 aromatic rings. The van der Waals surface area contributed by atoms with Crippen LogP contribution < -0.4 is 5.32 Å². The SMILES string of the molecule is CC(C)NC1CCN(Cc2nccs2)C1. The van der Waals surface area contributed by atoms with Crippen LogP contribution in [0.1, 0.15) is 25.3 Å². The lowest BCUT2D eigenvalue weighted by Crippen LogP contribution is -2.36. The third-order valence-electron chi connectivity index (χ3n) is 2.68. The molecule has 2 rings (SSSR count). The van der Waals surface area contributed by atoms with Gasteiger partial charge in [-0.15, -0.1) is 11.3 Å².